The summed E-state index contributed by atoms with van der Waals surface area (Å²) in [7, 11) is 0. The van der Waals surface area contributed by atoms with Crippen molar-refractivity contribution in [1.29, 1.82) is 0 Å². The minimum absolute atomic E-state index is 0.652. The number of nitrogens with zero attached hydrogens (tertiary/aromatic N) is 3. The van der Waals surface area contributed by atoms with Crippen molar-refractivity contribution < 1.29 is 4.42 Å². The highest BCUT2D eigenvalue weighted by molar-refractivity contribution is 5.43. The fourth-order valence-electron chi connectivity index (χ4n) is 1.64. The average molecular weight is 240 g/mol. The minimum Gasteiger partial charge on any atom is -0.467 e. The Bertz CT molecular complexity index is 584. The molecule has 0 saturated heterocycles. The van der Waals surface area contributed by atoms with Crippen LogP contribution in [0.4, 0.5) is 5.69 Å². The van der Waals surface area contributed by atoms with Crippen molar-refractivity contribution in [3.8, 4) is 5.82 Å². The van der Waals surface area contributed by atoms with Crippen molar-refractivity contribution in [2.24, 2.45) is 0 Å². The number of hydrogen-bond donors (Lipinski definition) is 1. The van der Waals surface area contributed by atoms with E-state index in [9.17, 15) is 0 Å². The SMILES string of the molecule is c1coc(CNc2ccc(-n3ccnc3)nc2)c1. The van der Waals surface area contributed by atoms with Gasteiger partial charge in [-0.1, -0.05) is 0 Å². The highest BCUT2D eigenvalue weighted by atomic mass is 16.3. The number of anilines is 1. The lowest BCUT2D eigenvalue weighted by Gasteiger charge is -2.05. The third kappa shape index (κ3) is 2.24. The van der Waals surface area contributed by atoms with E-state index in [0.29, 0.717) is 6.54 Å². The lowest BCUT2D eigenvalue weighted by Crippen LogP contribution is -2.00. The summed E-state index contributed by atoms with van der Waals surface area (Å²) in [4.78, 5) is 8.34. The minimum atomic E-state index is 0.652. The zero-order chi connectivity index (χ0) is 12.2. The number of pyridine rings is 1. The van der Waals surface area contributed by atoms with Gasteiger partial charge in [0, 0.05) is 12.4 Å². The second-order valence-corrected chi connectivity index (χ2v) is 3.81. The molecule has 5 heteroatoms. The molecular weight excluding hydrogens is 228 g/mol. The van der Waals surface area contributed by atoms with E-state index in [0.717, 1.165) is 17.3 Å². The monoisotopic (exact) mass is 240 g/mol. The van der Waals surface area contributed by atoms with Crippen molar-refractivity contribution >= 4 is 5.69 Å². The number of aromatic nitrogens is 3. The number of nitrogens with one attached hydrogen (secondary N) is 1. The van der Waals surface area contributed by atoms with Crippen LogP contribution in [-0.2, 0) is 6.54 Å². The Kier molecular flexibility index (Phi) is 2.79. The molecule has 18 heavy (non-hydrogen) atoms. The fraction of sp³-hybridized carbons (Fsp3) is 0.0769. The van der Waals surface area contributed by atoms with Crippen LogP contribution in [0.15, 0.2) is 59.9 Å². The van der Waals surface area contributed by atoms with Crippen molar-refractivity contribution in [2.75, 3.05) is 5.32 Å². The fourth-order valence-corrected chi connectivity index (χ4v) is 1.64. The summed E-state index contributed by atoms with van der Waals surface area (Å²) in [6.07, 6.45) is 8.76. The molecule has 1 N–H and O–H groups in total. The second kappa shape index (κ2) is 4.75. The van der Waals surface area contributed by atoms with Gasteiger partial charge >= 0.3 is 0 Å². The Hall–Kier alpha value is -2.56. The zero-order valence-corrected chi connectivity index (χ0v) is 9.65. The third-order valence-corrected chi connectivity index (χ3v) is 2.56. The van der Waals surface area contributed by atoms with E-state index in [2.05, 4.69) is 15.3 Å². The predicted molar refractivity (Wildman–Crippen MR) is 67.4 cm³/mol. The lowest BCUT2D eigenvalue weighted by molar-refractivity contribution is 0.518. The van der Waals surface area contributed by atoms with Crippen LogP contribution < -0.4 is 5.32 Å². The molecular formula is C13H12N4O. The summed E-state index contributed by atoms with van der Waals surface area (Å²) in [5, 5.41) is 3.24. The van der Waals surface area contributed by atoms with Crippen molar-refractivity contribution in [3.63, 3.8) is 0 Å². The molecule has 3 aromatic rings. The zero-order valence-electron chi connectivity index (χ0n) is 9.65. The molecule has 5 nitrogen and oxygen atoms in total. The summed E-state index contributed by atoms with van der Waals surface area (Å²) in [6.45, 7) is 0.652. The molecule has 0 aliphatic rings. The van der Waals surface area contributed by atoms with Gasteiger partial charge in [-0.05, 0) is 24.3 Å². The van der Waals surface area contributed by atoms with E-state index in [-0.39, 0.29) is 0 Å². The van der Waals surface area contributed by atoms with E-state index in [1.165, 1.54) is 0 Å². The molecule has 3 rings (SSSR count). The quantitative estimate of drug-likeness (QED) is 0.761. The Morgan fingerprint density at radius 2 is 2.28 bits per heavy atom. The Labute approximate surface area is 104 Å². The number of imidazole rings is 1. The highest BCUT2D eigenvalue weighted by Crippen LogP contribution is 2.11. The third-order valence-electron chi connectivity index (χ3n) is 2.56. The van der Waals surface area contributed by atoms with E-state index < -0.39 is 0 Å². The molecule has 3 heterocycles. The van der Waals surface area contributed by atoms with Gasteiger partial charge in [-0.15, -0.1) is 0 Å². The highest BCUT2D eigenvalue weighted by Gasteiger charge is 1.99. The van der Waals surface area contributed by atoms with Crippen LogP contribution in [-0.4, -0.2) is 14.5 Å². The summed E-state index contributed by atoms with van der Waals surface area (Å²) in [5.41, 5.74) is 0.954. The maximum absolute atomic E-state index is 5.24. The average Bonchev–Trinajstić information content (AvgIpc) is 3.10. The summed E-state index contributed by atoms with van der Waals surface area (Å²) < 4.78 is 7.10. The van der Waals surface area contributed by atoms with Crippen LogP contribution in [0.1, 0.15) is 5.76 Å². The normalized spacial score (nSPS) is 10.4. The molecule has 0 aromatic carbocycles. The van der Waals surface area contributed by atoms with Crippen molar-refractivity contribution in [3.05, 3.63) is 61.2 Å². The molecule has 0 radical (unpaired) electrons. The van der Waals surface area contributed by atoms with Crippen LogP contribution in [0, 0.1) is 0 Å². The van der Waals surface area contributed by atoms with E-state index in [1.54, 1.807) is 25.0 Å². The van der Waals surface area contributed by atoms with E-state index in [1.807, 2.05) is 35.0 Å². The lowest BCUT2D eigenvalue weighted by atomic mass is 10.3. The molecule has 0 amide bonds. The molecule has 0 aliphatic carbocycles. The molecule has 3 aromatic heterocycles. The molecule has 0 bridgehead atoms. The second-order valence-electron chi connectivity index (χ2n) is 3.81. The first-order valence-electron chi connectivity index (χ1n) is 5.62. The van der Waals surface area contributed by atoms with Gasteiger partial charge in [-0.2, -0.15) is 0 Å². The van der Waals surface area contributed by atoms with Crippen LogP contribution in [0.5, 0.6) is 0 Å². The predicted octanol–water partition coefficient (Wildman–Crippen LogP) is 2.47. The first-order chi connectivity index (χ1) is 8.92. The van der Waals surface area contributed by atoms with Crippen LogP contribution in [0.25, 0.3) is 5.82 Å². The van der Waals surface area contributed by atoms with Gasteiger partial charge in [0.2, 0.25) is 0 Å². The maximum atomic E-state index is 5.24. The first kappa shape index (κ1) is 10.6. The first-order valence-corrected chi connectivity index (χ1v) is 5.62. The van der Waals surface area contributed by atoms with Gasteiger partial charge in [0.25, 0.3) is 0 Å². The van der Waals surface area contributed by atoms with E-state index in [4.69, 9.17) is 4.42 Å². The number of furan rings is 1. The van der Waals surface area contributed by atoms with Crippen molar-refractivity contribution in [1.82, 2.24) is 14.5 Å². The maximum Gasteiger partial charge on any atom is 0.137 e. The molecule has 0 spiro atoms. The van der Waals surface area contributed by atoms with E-state index >= 15 is 0 Å². The smallest absolute Gasteiger partial charge is 0.137 e. The topological polar surface area (TPSA) is 55.9 Å². The Morgan fingerprint density at radius 3 is 2.94 bits per heavy atom. The molecule has 90 valence electrons. The van der Waals surface area contributed by atoms with Gasteiger partial charge in [0.1, 0.15) is 17.9 Å². The molecule has 0 saturated carbocycles. The number of rotatable bonds is 4. The van der Waals surface area contributed by atoms with Gasteiger partial charge < -0.3 is 9.73 Å². The summed E-state index contributed by atoms with van der Waals surface area (Å²) >= 11 is 0. The molecule has 0 fully saturated rings. The molecule has 0 aliphatic heterocycles. The van der Waals surface area contributed by atoms with Gasteiger partial charge in [0.15, 0.2) is 0 Å². The van der Waals surface area contributed by atoms with Gasteiger partial charge in [-0.3, -0.25) is 4.57 Å². The van der Waals surface area contributed by atoms with Crippen LogP contribution >= 0.6 is 0 Å². The largest absolute Gasteiger partial charge is 0.467 e. The summed E-state index contributed by atoms with van der Waals surface area (Å²) in [5.74, 6) is 1.74. The van der Waals surface area contributed by atoms with Crippen molar-refractivity contribution in [2.45, 2.75) is 6.54 Å². The van der Waals surface area contributed by atoms with Gasteiger partial charge in [0.05, 0.1) is 24.7 Å². The molecule has 0 unspecified atom stereocenters. The van der Waals surface area contributed by atoms with Crippen LogP contribution in [0.2, 0.25) is 0 Å². The standard InChI is InChI=1S/C13H12N4O/c1-2-12(18-7-1)9-15-11-3-4-13(16-8-11)17-6-5-14-10-17/h1-8,10,15H,9H2. The Balaban J connectivity index is 1.68. The van der Waals surface area contributed by atoms with Gasteiger partial charge in [-0.25, -0.2) is 9.97 Å². The Morgan fingerprint density at radius 1 is 1.28 bits per heavy atom. The molecule has 0 atom stereocenters. The number of hydrogen-bond acceptors (Lipinski definition) is 4. The van der Waals surface area contributed by atoms with Crippen LogP contribution in [0.3, 0.4) is 0 Å². The summed E-state index contributed by atoms with van der Waals surface area (Å²) in [6, 6.07) is 7.72.